The zero-order chi connectivity index (χ0) is 12.5. The second-order valence-corrected chi connectivity index (χ2v) is 3.99. The first-order chi connectivity index (χ1) is 7.97. The fourth-order valence-electron chi connectivity index (χ4n) is 1.56. The average molecular weight is 243 g/mol. The minimum Gasteiger partial charge on any atom is -0.460 e. The van der Waals surface area contributed by atoms with E-state index in [2.05, 4.69) is 4.98 Å². The Morgan fingerprint density at radius 1 is 1.29 bits per heavy atom. The monoisotopic (exact) mass is 243 g/mol. The van der Waals surface area contributed by atoms with Crippen molar-refractivity contribution in [1.29, 1.82) is 0 Å². The summed E-state index contributed by atoms with van der Waals surface area (Å²) in [7, 11) is 0. The second kappa shape index (κ2) is 4.39. The summed E-state index contributed by atoms with van der Waals surface area (Å²) in [6.45, 7) is 1.83. The zero-order valence-corrected chi connectivity index (χ0v) is 9.34. The smallest absolute Gasteiger partial charge is 0.433 e. The van der Waals surface area contributed by atoms with Crippen molar-refractivity contribution in [3.63, 3.8) is 0 Å². The van der Waals surface area contributed by atoms with Gasteiger partial charge >= 0.3 is 6.18 Å². The maximum atomic E-state index is 12.3. The number of allylic oxidation sites excluding steroid dienone is 2. The number of alkyl halides is 3. The summed E-state index contributed by atoms with van der Waals surface area (Å²) in [4.78, 5) is 3.33. The Labute approximate surface area is 97.1 Å². The summed E-state index contributed by atoms with van der Waals surface area (Å²) < 4.78 is 42.2. The third kappa shape index (κ3) is 2.78. The summed E-state index contributed by atoms with van der Waals surface area (Å²) >= 11 is 0. The first-order valence-corrected chi connectivity index (χ1v) is 5.36. The maximum absolute atomic E-state index is 12.3. The maximum Gasteiger partial charge on any atom is 0.433 e. The molecular weight excluding hydrogens is 231 g/mol. The van der Waals surface area contributed by atoms with Crippen LogP contribution in [0.1, 0.15) is 31.9 Å². The molecule has 2 nitrogen and oxygen atoms in total. The van der Waals surface area contributed by atoms with Crippen molar-refractivity contribution in [2.45, 2.75) is 32.4 Å². The van der Waals surface area contributed by atoms with Crippen LogP contribution in [0.25, 0.3) is 0 Å². The van der Waals surface area contributed by atoms with Crippen LogP contribution in [0.4, 0.5) is 13.2 Å². The number of nitrogens with zero attached hydrogens (tertiary/aromatic N) is 1. The third-order valence-corrected chi connectivity index (χ3v) is 2.75. The minimum absolute atomic E-state index is 0.342. The number of hydrogen-bond acceptors (Lipinski definition) is 2. The molecule has 2 rings (SSSR count). The van der Waals surface area contributed by atoms with E-state index in [9.17, 15) is 13.2 Å². The Kier molecular flexibility index (Phi) is 3.09. The first kappa shape index (κ1) is 12.0. The lowest BCUT2D eigenvalue weighted by Crippen LogP contribution is -2.08. The Morgan fingerprint density at radius 2 is 2.00 bits per heavy atom. The predicted octanol–water partition coefficient (Wildman–Crippen LogP) is 3.94. The van der Waals surface area contributed by atoms with Crippen LogP contribution >= 0.6 is 0 Å². The SMILES string of the molecule is CC(Oc1ccc(C(F)(F)F)nc1)=C1CCC1. The van der Waals surface area contributed by atoms with E-state index in [0.717, 1.165) is 37.3 Å². The van der Waals surface area contributed by atoms with Crippen molar-refractivity contribution in [3.05, 3.63) is 35.4 Å². The number of rotatable bonds is 2. The Balaban J connectivity index is 2.08. The van der Waals surface area contributed by atoms with Gasteiger partial charge in [-0.15, -0.1) is 0 Å². The molecule has 17 heavy (non-hydrogen) atoms. The highest BCUT2D eigenvalue weighted by atomic mass is 19.4. The zero-order valence-electron chi connectivity index (χ0n) is 9.34. The molecule has 0 bridgehead atoms. The molecule has 0 radical (unpaired) electrons. The van der Waals surface area contributed by atoms with Crippen molar-refractivity contribution in [1.82, 2.24) is 4.98 Å². The molecule has 0 aromatic carbocycles. The number of aromatic nitrogens is 1. The van der Waals surface area contributed by atoms with E-state index < -0.39 is 11.9 Å². The van der Waals surface area contributed by atoms with Gasteiger partial charge in [0.25, 0.3) is 0 Å². The predicted molar refractivity (Wildman–Crippen MR) is 56.4 cm³/mol. The molecule has 1 heterocycles. The highest BCUT2D eigenvalue weighted by Crippen LogP contribution is 2.31. The lowest BCUT2D eigenvalue weighted by molar-refractivity contribution is -0.141. The van der Waals surface area contributed by atoms with Crippen molar-refractivity contribution < 1.29 is 17.9 Å². The highest BCUT2D eigenvalue weighted by molar-refractivity contribution is 5.25. The van der Waals surface area contributed by atoms with Gasteiger partial charge in [0.15, 0.2) is 0 Å². The van der Waals surface area contributed by atoms with Crippen LogP contribution in [0, 0.1) is 0 Å². The number of hydrogen-bond donors (Lipinski definition) is 0. The minimum atomic E-state index is -4.40. The van der Waals surface area contributed by atoms with E-state index in [1.54, 1.807) is 0 Å². The van der Waals surface area contributed by atoms with Crippen LogP contribution in [0.3, 0.4) is 0 Å². The number of halogens is 3. The van der Waals surface area contributed by atoms with E-state index in [1.165, 1.54) is 11.6 Å². The summed E-state index contributed by atoms with van der Waals surface area (Å²) in [6, 6.07) is 2.21. The largest absolute Gasteiger partial charge is 0.460 e. The van der Waals surface area contributed by atoms with Crippen LogP contribution in [-0.4, -0.2) is 4.98 Å². The van der Waals surface area contributed by atoms with E-state index >= 15 is 0 Å². The molecular formula is C12H12F3NO. The Morgan fingerprint density at radius 3 is 2.41 bits per heavy atom. The average Bonchev–Trinajstić information content (AvgIpc) is 2.13. The standard InChI is InChI=1S/C12H12F3NO/c1-8(9-3-2-4-9)17-10-5-6-11(16-7-10)12(13,14)15/h5-7H,2-4H2,1H3. The van der Waals surface area contributed by atoms with Gasteiger partial charge in [0, 0.05) is 0 Å². The highest BCUT2D eigenvalue weighted by Gasteiger charge is 2.32. The molecule has 0 saturated heterocycles. The van der Waals surface area contributed by atoms with Crippen LogP contribution in [0.5, 0.6) is 5.75 Å². The third-order valence-electron chi connectivity index (χ3n) is 2.75. The van der Waals surface area contributed by atoms with Gasteiger partial charge in [0.2, 0.25) is 0 Å². The molecule has 0 aliphatic heterocycles. The molecule has 1 aliphatic carbocycles. The van der Waals surface area contributed by atoms with Gasteiger partial charge < -0.3 is 4.74 Å². The van der Waals surface area contributed by atoms with Crippen LogP contribution in [0.15, 0.2) is 29.7 Å². The molecule has 0 atom stereocenters. The Hall–Kier alpha value is -1.52. The van der Waals surface area contributed by atoms with Gasteiger partial charge in [-0.3, -0.25) is 0 Å². The lowest BCUT2D eigenvalue weighted by Gasteiger charge is -2.19. The van der Waals surface area contributed by atoms with Gasteiger partial charge in [0.1, 0.15) is 17.2 Å². The molecule has 0 N–H and O–H groups in total. The molecule has 92 valence electrons. The molecule has 1 fully saturated rings. The van der Waals surface area contributed by atoms with Crippen LogP contribution < -0.4 is 4.74 Å². The fourth-order valence-corrected chi connectivity index (χ4v) is 1.56. The van der Waals surface area contributed by atoms with E-state index in [4.69, 9.17) is 4.74 Å². The van der Waals surface area contributed by atoms with Gasteiger partial charge in [-0.1, -0.05) is 0 Å². The van der Waals surface area contributed by atoms with Crippen LogP contribution in [-0.2, 0) is 6.18 Å². The summed E-state index contributed by atoms with van der Waals surface area (Å²) in [6.07, 6.45) is -0.118. The quantitative estimate of drug-likeness (QED) is 0.734. The molecule has 0 spiro atoms. The van der Waals surface area contributed by atoms with Crippen molar-refractivity contribution >= 4 is 0 Å². The second-order valence-electron chi connectivity index (χ2n) is 3.99. The number of pyridine rings is 1. The first-order valence-electron chi connectivity index (χ1n) is 5.36. The molecule has 1 saturated carbocycles. The van der Waals surface area contributed by atoms with Crippen molar-refractivity contribution in [3.8, 4) is 5.75 Å². The van der Waals surface area contributed by atoms with Gasteiger partial charge in [-0.05, 0) is 43.9 Å². The van der Waals surface area contributed by atoms with Crippen LogP contribution in [0.2, 0.25) is 0 Å². The molecule has 1 aromatic heterocycles. The van der Waals surface area contributed by atoms with Crippen molar-refractivity contribution in [2.75, 3.05) is 0 Å². The van der Waals surface area contributed by atoms with E-state index in [0.29, 0.717) is 5.75 Å². The molecule has 1 aromatic rings. The van der Waals surface area contributed by atoms with E-state index in [-0.39, 0.29) is 0 Å². The van der Waals surface area contributed by atoms with E-state index in [1.807, 2.05) is 6.92 Å². The fraction of sp³-hybridized carbons (Fsp3) is 0.417. The summed E-state index contributed by atoms with van der Waals surface area (Å²) in [5.41, 5.74) is 0.323. The topological polar surface area (TPSA) is 22.1 Å². The van der Waals surface area contributed by atoms with Crippen molar-refractivity contribution in [2.24, 2.45) is 0 Å². The lowest BCUT2D eigenvalue weighted by atomic mass is 9.91. The molecule has 5 heteroatoms. The van der Waals surface area contributed by atoms with Gasteiger partial charge in [-0.25, -0.2) is 4.98 Å². The molecule has 0 amide bonds. The summed E-state index contributed by atoms with van der Waals surface area (Å²) in [5, 5.41) is 0. The normalized spacial score (nSPS) is 15.4. The molecule has 1 aliphatic rings. The number of ether oxygens (including phenoxy) is 1. The van der Waals surface area contributed by atoms with Gasteiger partial charge in [0.05, 0.1) is 6.20 Å². The van der Waals surface area contributed by atoms with Gasteiger partial charge in [-0.2, -0.15) is 13.2 Å². The Bertz CT molecular complexity index is 428. The molecule has 0 unspecified atom stereocenters. The summed E-state index contributed by atoms with van der Waals surface area (Å²) in [5.74, 6) is 1.12.